The number of hydrogen-bond acceptors (Lipinski definition) is 3. The van der Waals surface area contributed by atoms with E-state index in [-0.39, 0.29) is 6.04 Å². The summed E-state index contributed by atoms with van der Waals surface area (Å²) in [4.78, 5) is 2.36. The van der Waals surface area contributed by atoms with Gasteiger partial charge >= 0.3 is 0 Å². The van der Waals surface area contributed by atoms with E-state index >= 15 is 0 Å². The minimum atomic E-state index is 0.111. The lowest BCUT2D eigenvalue weighted by Gasteiger charge is -2.19. The summed E-state index contributed by atoms with van der Waals surface area (Å²) in [6.45, 7) is 4.08. The predicted octanol–water partition coefficient (Wildman–Crippen LogP) is 1.93. The zero-order valence-electron chi connectivity index (χ0n) is 10.0. The Morgan fingerprint density at radius 3 is 2.56 bits per heavy atom. The van der Waals surface area contributed by atoms with Crippen LogP contribution in [-0.2, 0) is 4.74 Å². The lowest BCUT2D eigenvalue weighted by Crippen LogP contribution is -2.22. The molecule has 1 saturated heterocycles. The maximum absolute atomic E-state index is 5.83. The lowest BCUT2D eigenvalue weighted by molar-refractivity contribution is 0.121. The van der Waals surface area contributed by atoms with Gasteiger partial charge in [-0.3, -0.25) is 0 Å². The van der Waals surface area contributed by atoms with Crippen molar-refractivity contribution in [2.45, 2.75) is 25.5 Å². The molecule has 1 aliphatic heterocycles. The summed E-state index contributed by atoms with van der Waals surface area (Å²) < 4.78 is 5.36. The van der Waals surface area contributed by atoms with Crippen LogP contribution in [0.3, 0.4) is 0 Å². The van der Waals surface area contributed by atoms with E-state index in [2.05, 4.69) is 29.2 Å². The van der Waals surface area contributed by atoms with E-state index in [0.717, 1.165) is 19.5 Å². The van der Waals surface area contributed by atoms with Crippen LogP contribution < -0.4 is 10.6 Å². The van der Waals surface area contributed by atoms with Gasteiger partial charge in [-0.25, -0.2) is 0 Å². The summed E-state index contributed by atoms with van der Waals surface area (Å²) in [5, 5.41) is 0. The molecule has 3 nitrogen and oxygen atoms in total. The van der Waals surface area contributed by atoms with Crippen molar-refractivity contribution in [3.05, 3.63) is 29.8 Å². The number of rotatable bonds is 3. The molecule has 0 bridgehead atoms. The Kier molecular flexibility index (Phi) is 3.46. The van der Waals surface area contributed by atoms with Gasteiger partial charge in [-0.15, -0.1) is 0 Å². The van der Waals surface area contributed by atoms with Gasteiger partial charge in [0.2, 0.25) is 0 Å². The van der Waals surface area contributed by atoms with Crippen molar-refractivity contribution in [3.8, 4) is 0 Å². The van der Waals surface area contributed by atoms with Crippen molar-refractivity contribution in [1.29, 1.82) is 0 Å². The van der Waals surface area contributed by atoms with Crippen LogP contribution in [0, 0.1) is 0 Å². The fourth-order valence-corrected chi connectivity index (χ4v) is 2.14. The van der Waals surface area contributed by atoms with Crippen molar-refractivity contribution in [3.63, 3.8) is 0 Å². The van der Waals surface area contributed by atoms with E-state index in [4.69, 9.17) is 10.5 Å². The molecule has 0 unspecified atom stereocenters. The van der Waals surface area contributed by atoms with Gasteiger partial charge in [0.15, 0.2) is 0 Å². The average molecular weight is 220 g/mol. The molecule has 1 aromatic rings. The third-order valence-corrected chi connectivity index (χ3v) is 3.26. The molecule has 0 radical (unpaired) electrons. The molecule has 0 spiro atoms. The molecule has 2 N–H and O–H groups in total. The smallest absolute Gasteiger partial charge is 0.0762 e. The monoisotopic (exact) mass is 220 g/mol. The van der Waals surface area contributed by atoms with Crippen molar-refractivity contribution < 1.29 is 4.74 Å². The Balaban J connectivity index is 2.05. The van der Waals surface area contributed by atoms with Gasteiger partial charge in [0.1, 0.15) is 0 Å². The second-order valence-electron chi connectivity index (χ2n) is 4.47. The van der Waals surface area contributed by atoms with Crippen LogP contribution in [0.15, 0.2) is 24.3 Å². The van der Waals surface area contributed by atoms with Crippen LogP contribution in [0.25, 0.3) is 0 Å². The first-order chi connectivity index (χ1) is 7.70. The quantitative estimate of drug-likeness (QED) is 0.846. The molecule has 3 heteroatoms. The normalized spacial score (nSPS) is 22.4. The highest BCUT2D eigenvalue weighted by Gasteiger charge is 2.21. The van der Waals surface area contributed by atoms with Gasteiger partial charge in [0.25, 0.3) is 0 Å². The molecule has 0 aliphatic carbocycles. The van der Waals surface area contributed by atoms with Gasteiger partial charge in [-0.1, -0.05) is 12.1 Å². The van der Waals surface area contributed by atoms with E-state index in [1.165, 1.54) is 11.3 Å². The van der Waals surface area contributed by atoms with Crippen LogP contribution in [0.4, 0.5) is 5.69 Å². The highest BCUT2D eigenvalue weighted by atomic mass is 16.5. The van der Waals surface area contributed by atoms with E-state index in [1.54, 1.807) is 7.11 Å². The first kappa shape index (κ1) is 11.4. The Morgan fingerprint density at radius 2 is 2.06 bits per heavy atom. The second-order valence-corrected chi connectivity index (χ2v) is 4.47. The summed E-state index contributed by atoms with van der Waals surface area (Å²) in [6, 6.07) is 8.63. The third kappa shape index (κ3) is 2.36. The summed E-state index contributed by atoms with van der Waals surface area (Å²) in [6.07, 6.45) is 1.50. The molecule has 0 aromatic heterocycles. The molecule has 88 valence electrons. The SMILES string of the molecule is CO[C@@H]1CCN(c2ccc([C@@H](C)N)cc2)C1. The highest BCUT2D eigenvalue weighted by Crippen LogP contribution is 2.23. The topological polar surface area (TPSA) is 38.5 Å². The Morgan fingerprint density at radius 1 is 1.38 bits per heavy atom. The molecule has 1 aromatic carbocycles. The molecular formula is C13H20N2O. The number of nitrogens with zero attached hydrogens (tertiary/aromatic N) is 1. The van der Waals surface area contributed by atoms with Crippen LogP contribution in [0.2, 0.25) is 0 Å². The minimum Gasteiger partial charge on any atom is -0.380 e. The molecular weight excluding hydrogens is 200 g/mol. The first-order valence-electron chi connectivity index (χ1n) is 5.84. The fraction of sp³-hybridized carbons (Fsp3) is 0.538. The maximum Gasteiger partial charge on any atom is 0.0762 e. The molecule has 1 heterocycles. The standard InChI is InChI=1S/C13H20N2O/c1-10(14)11-3-5-12(6-4-11)15-8-7-13(9-15)16-2/h3-6,10,13H,7-9,14H2,1-2H3/t10-,13-/m1/s1. The second kappa shape index (κ2) is 4.85. The molecule has 2 rings (SSSR count). The maximum atomic E-state index is 5.83. The van der Waals surface area contributed by atoms with Gasteiger partial charge in [-0.2, -0.15) is 0 Å². The molecule has 16 heavy (non-hydrogen) atoms. The zero-order valence-corrected chi connectivity index (χ0v) is 10.0. The number of methoxy groups -OCH3 is 1. The van der Waals surface area contributed by atoms with Crippen molar-refractivity contribution in [2.75, 3.05) is 25.1 Å². The lowest BCUT2D eigenvalue weighted by atomic mass is 10.1. The predicted molar refractivity (Wildman–Crippen MR) is 66.7 cm³/mol. The fourth-order valence-electron chi connectivity index (χ4n) is 2.14. The number of benzene rings is 1. The van der Waals surface area contributed by atoms with E-state index in [9.17, 15) is 0 Å². The van der Waals surface area contributed by atoms with Gasteiger partial charge in [0, 0.05) is 31.9 Å². The van der Waals surface area contributed by atoms with Crippen molar-refractivity contribution >= 4 is 5.69 Å². The van der Waals surface area contributed by atoms with Crippen LogP contribution in [0.1, 0.15) is 24.9 Å². The van der Waals surface area contributed by atoms with Gasteiger partial charge < -0.3 is 15.4 Å². The first-order valence-corrected chi connectivity index (χ1v) is 5.84. The summed E-state index contributed by atoms with van der Waals surface area (Å²) in [7, 11) is 1.79. The highest BCUT2D eigenvalue weighted by molar-refractivity contribution is 5.49. The van der Waals surface area contributed by atoms with E-state index < -0.39 is 0 Å². The Labute approximate surface area is 97.2 Å². The summed E-state index contributed by atoms with van der Waals surface area (Å²) >= 11 is 0. The molecule has 1 aliphatic rings. The number of hydrogen-bond donors (Lipinski definition) is 1. The zero-order chi connectivity index (χ0) is 11.5. The van der Waals surface area contributed by atoms with Gasteiger partial charge in [0.05, 0.1) is 6.10 Å². The minimum absolute atomic E-state index is 0.111. The van der Waals surface area contributed by atoms with Crippen LogP contribution in [0.5, 0.6) is 0 Å². The summed E-state index contributed by atoms with van der Waals surface area (Å²) in [5.41, 5.74) is 8.28. The largest absolute Gasteiger partial charge is 0.380 e. The molecule has 2 atom stereocenters. The van der Waals surface area contributed by atoms with Crippen molar-refractivity contribution in [1.82, 2.24) is 0 Å². The number of ether oxygens (including phenoxy) is 1. The van der Waals surface area contributed by atoms with E-state index in [0.29, 0.717) is 6.10 Å². The van der Waals surface area contributed by atoms with Gasteiger partial charge in [-0.05, 0) is 31.0 Å². The van der Waals surface area contributed by atoms with Crippen molar-refractivity contribution in [2.24, 2.45) is 5.73 Å². The van der Waals surface area contributed by atoms with Crippen LogP contribution in [-0.4, -0.2) is 26.3 Å². The average Bonchev–Trinajstić information content (AvgIpc) is 2.77. The van der Waals surface area contributed by atoms with Crippen LogP contribution >= 0.6 is 0 Å². The molecule has 1 fully saturated rings. The number of nitrogens with two attached hydrogens (primary N) is 1. The Hall–Kier alpha value is -1.06. The third-order valence-electron chi connectivity index (χ3n) is 3.26. The number of anilines is 1. The van der Waals surface area contributed by atoms with E-state index in [1.807, 2.05) is 6.92 Å². The molecule has 0 amide bonds. The summed E-state index contributed by atoms with van der Waals surface area (Å²) in [5.74, 6) is 0. The molecule has 0 saturated carbocycles. The Bertz CT molecular complexity index is 334.